The Labute approximate surface area is 74.1 Å². The molecule has 7 heteroatoms. The van der Waals surface area contributed by atoms with Crippen molar-refractivity contribution in [1.29, 1.82) is 0 Å². The Hall–Kier alpha value is -1.34. The van der Waals surface area contributed by atoms with Gasteiger partial charge in [-0.15, -0.1) is 0 Å². The third kappa shape index (κ3) is 1.87. The SMILES string of the molecule is NC(=O)N1CC(O)C[C@H]1C(=O)NO. The Balaban J connectivity index is 2.71. The topological polar surface area (TPSA) is 116 Å². The molecule has 2 atom stereocenters. The number of nitrogens with two attached hydrogens (primary N) is 1. The average Bonchev–Trinajstić information content (AvgIpc) is 2.46. The van der Waals surface area contributed by atoms with Crippen LogP contribution < -0.4 is 11.2 Å². The number of nitrogens with zero attached hydrogens (tertiary/aromatic N) is 1. The van der Waals surface area contributed by atoms with Gasteiger partial charge in [-0.25, -0.2) is 10.3 Å². The van der Waals surface area contributed by atoms with Crippen LogP contribution in [-0.2, 0) is 4.79 Å². The number of primary amides is 1. The molecule has 0 aromatic rings. The Morgan fingerprint density at radius 3 is 2.62 bits per heavy atom. The predicted octanol–water partition coefficient (Wildman–Crippen LogP) is -1.99. The van der Waals surface area contributed by atoms with Gasteiger partial charge in [0.05, 0.1) is 6.10 Å². The summed E-state index contributed by atoms with van der Waals surface area (Å²) in [5.41, 5.74) is 6.37. The fourth-order valence-electron chi connectivity index (χ4n) is 1.38. The van der Waals surface area contributed by atoms with Crippen molar-refractivity contribution < 1.29 is 19.9 Å². The maximum absolute atomic E-state index is 11.0. The van der Waals surface area contributed by atoms with Crippen LogP contribution in [0.15, 0.2) is 0 Å². The first-order chi connectivity index (χ1) is 6.06. The van der Waals surface area contributed by atoms with Crippen LogP contribution in [0.1, 0.15) is 6.42 Å². The molecule has 7 nitrogen and oxygen atoms in total. The molecule has 1 aliphatic rings. The van der Waals surface area contributed by atoms with Gasteiger partial charge in [-0.1, -0.05) is 0 Å². The molecule has 1 aliphatic heterocycles. The van der Waals surface area contributed by atoms with Crippen molar-refractivity contribution in [3.8, 4) is 0 Å². The van der Waals surface area contributed by atoms with Crippen LogP contribution in [0.25, 0.3) is 0 Å². The summed E-state index contributed by atoms with van der Waals surface area (Å²) in [6, 6.07) is -1.66. The fraction of sp³-hybridized carbons (Fsp3) is 0.667. The van der Waals surface area contributed by atoms with Gasteiger partial charge >= 0.3 is 6.03 Å². The van der Waals surface area contributed by atoms with Crippen LogP contribution >= 0.6 is 0 Å². The van der Waals surface area contributed by atoms with Crippen LogP contribution in [0.4, 0.5) is 4.79 Å². The van der Waals surface area contributed by atoms with E-state index in [9.17, 15) is 9.59 Å². The monoisotopic (exact) mass is 189 g/mol. The highest BCUT2D eigenvalue weighted by Gasteiger charge is 2.37. The lowest BCUT2D eigenvalue weighted by molar-refractivity contribution is -0.133. The maximum Gasteiger partial charge on any atom is 0.315 e. The van der Waals surface area contributed by atoms with Crippen LogP contribution in [0, 0.1) is 0 Å². The van der Waals surface area contributed by atoms with E-state index in [1.54, 1.807) is 0 Å². The molecule has 0 aromatic heterocycles. The van der Waals surface area contributed by atoms with Crippen LogP contribution in [0.2, 0.25) is 0 Å². The minimum absolute atomic E-state index is 0.0212. The molecule has 1 heterocycles. The Kier molecular flexibility index (Phi) is 2.69. The fourth-order valence-corrected chi connectivity index (χ4v) is 1.38. The van der Waals surface area contributed by atoms with Gasteiger partial charge in [0, 0.05) is 13.0 Å². The number of hydrogen-bond acceptors (Lipinski definition) is 4. The van der Waals surface area contributed by atoms with E-state index in [2.05, 4.69) is 0 Å². The van der Waals surface area contributed by atoms with Crippen LogP contribution in [0.3, 0.4) is 0 Å². The molecule has 5 N–H and O–H groups in total. The van der Waals surface area contributed by atoms with Gasteiger partial charge in [0.25, 0.3) is 5.91 Å². The van der Waals surface area contributed by atoms with Crippen molar-refractivity contribution in [2.24, 2.45) is 5.73 Å². The first kappa shape index (κ1) is 9.75. The van der Waals surface area contributed by atoms with Crippen molar-refractivity contribution in [2.75, 3.05) is 6.54 Å². The lowest BCUT2D eigenvalue weighted by Crippen LogP contribution is -2.47. The van der Waals surface area contributed by atoms with Gasteiger partial charge in [0.2, 0.25) is 0 Å². The number of urea groups is 1. The van der Waals surface area contributed by atoms with Gasteiger partial charge in [0.15, 0.2) is 0 Å². The number of amides is 3. The molecule has 1 unspecified atom stereocenters. The van der Waals surface area contributed by atoms with Gasteiger partial charge in [-0.05, 0) is 0 Å². The Morgan fingerprint density at radius 1 is 1.54 bits per heavy atom. The molecule has 0 aromatic carbocycles. The molecule has 1 rings (SSSR count). The first-order valence-corrected chi connectivity index (χ1v) is 3.74. The van der Waals surface area contributed by atoms with Crippen LogP contribution in [-0.4, -0.2) is 45.8 Å². The summed E-state index contributed by atoms with van der Waals surface area (Å²) in [7, 11) is 0. The van der Waals surface area contributed by atoms with E-state index < -0.39 is 24.1 Å². The lowest BCUT2D eigenvalue weighted by atomic mass is 10.2. The second-order valence-electron chi connectivity index (χ2n) is 2.87. The molecular formula is C6H11N3O4. The molecule has 74 valence electrons. The molecule has 1 fully saturated rings. The molecular weight excluding hydrogens is 178 g/mol. The first-order valence-electron chi connectivity index (χ1n) is 3.74. The van der Waals surface area contributed by atoms with Crippen molar-refractivity contribution in [3.63, 3.8) is 0 Å². The van der Waals surface area contributed by atoms with E-state index in [0.29, 0.717) is 0 Å². The third-order valence-corrected chi connectivity index (χ3v) is 1.97. The number of hydroxylamine groups is 1. The molecule has 13 heavy (non-hydrogen) atoms. The summed E-state index contributed by atoms with van der Waals surface area (Å²) < 4.78 is 0. The number of β-amino-alcohol motifs (C(OH)–C–C–N with tert-alkyl or cyclic N) is 1. The molecule has 0 bridgehead atoms. The highest BCUT2D eigenvalue weighted by molar-refractivity contribution is 5.86. The maximum atomic E-state index is 11.0. The number of nitrogens with one attached hydrogen (secondary N) is 1. The number of rotatable bonds is 1. The van der Waals surface area contributed by atoms with E-state index in [1.165, 1.54) is 5.48 Å². The highest BCUT2D eigenvalue weighted by Crippen LogP contribution is 2.17. The average molecular weight is 189 g/mol. The normalized spacial score (nSPS) is 27.4. The summed E-state index contributed by atoms with van der Waals surface area (Å²) in [5.74, 6) is -0.740. The minimum Gasteiger partial charge on any atom is -0.391 e. The number of aliphatic hydroxyl groups excluding tert-OH is 1. The summed E-state index contributed by atoms with van der Waals surface area (Å²) in [6.07, 6.45) is -0.676. The third-order valence-electron chi connectivity index (χ3n) is 1.97. The number of carbonyl (C=O) groups is 2. The molecule has 0 radical (unpaired) electrons. The largest absolute Gasteiger partial charge is 0.391 e. The Bertz CT molecular complexity index is 232. The van der Waals surface area contributed by atoms with Crippen LogP contribution in [0.5, 0.6) is 0 Å². The lowest BCUT2D eigenvalue weighted by Gasteiger charge is -2.19. The number of likely N-dealkylation sites (tertiary alicyclic amines) is 1. The highest BCUT2D eigenvalue weighted by atomic mass is 16.5. The van der Waals surface area contributed by atoms with Crippen molar-refractivity contribution in [3.05, 3.63) is 0 Å². The van der Waals surface area contributed by atoms with E-state index in [1.807, 2.05) is 0 Å². The van der Waals surface area contributed by atoms with E-state index in [4.69, 9.17) is 16.0 Å². The quantitative estimate of drug-likeness (QED) is 0.282. The summed E-state index contributed by atoms with van der Waals surface area (Å²) in [5, 5.41) is 17.5. The van der Waals surface area contributed by atoms with Crippen molar-refractivity contribution in [2.45, 2.75) is 18.6 Å². The summed E-state index contributed by atoms with van der Waals surface area (Å²) >= 11 is 0. The summed E-state index contributed by atoms with van der Waals surface area (Å²) in [6.45, 7) is 0.0212. The second-order valence-corrected chi connectivity index (χ2v) is 2.87. The van der Waals surface area contributed by atoms with Gasteiger partial charge in [-0.2, -0.15) is 0 Å². The minimum atomic E-state index is -0.877. The van der Waals surface area contributed by atoms with Crippen molar-refractivity contribution in [1.82, 2.24) is 10.4 Å². The number of aliphatic hydroxyl groups is 1. The Morgan fingerprint density at radius 2 is 2.15 bits per heavy atom. The van der Waals surface area contributed by atoms with E-state index >= 15 is 0 Å². The molecule has 3 amide bonds. The van der Waals surface area contributed by atoms with Crippen molar-refractivity contribution >= 4 is 11.9 Å². The van der Waals surface area contributed by atoms with E-state index in [0.717, 1.165) is 4.90 Å². The smallest absolute Gasteiger partial charge is 0.315 e. The molecule has 0 spiro atoms. The zero-order valence-corrected chi connectivity index (χ0v) is 6.80. The number of hydrogen-bond donors (Lipinski definition) is 4. The second kappa shape index (κ2) is 3.58. The summed E-state index contributed by atoms with van der Waals surface area (Å²) in [4.78, 5) is 22.7. The predicted molar refractivity (Wildman–Crippen MR) is 40.6 cm³/mol. The van der Waals surface area contributed by atoms with Gasteiger partial charge < -0.3 is 15.7 Å². The zero-order valence-electron chi connectivity index (χ0n) is 6.80. The number of carbonyl (C=O) groups excluding carboxylic acids is 2. The standard InChI is InChI=1S/C6H11N3O4/c7-6(12)9-2-3(10)1-4(9)5(11)8-13/h3-4,10,13H,1-2H2,(H2,7,12)(H,8,11)/t3?,4-/m0/s1. The van der Waals surface area contributed by atoms with E-state index in [-0.39, 0.29) is 13.0 Å². The molecule has 0 saturated carbocycles. The van der Waals surface area contributed by atoms with Gasteiger partial charge in [-0.3, -0.25) is 10.0 Å². The zero-order chi connectivity index (χ0) is 10.0. The molecule has 1 saturated heterocycles. The molecule has 0 aliphatic carbocycles. The van der Waals surface area contributed by atoms with Gasteiger partial charge in [0.1, 0.15) is 6.04 Å².